The van der Waals surface area contributed by atoms with Gasteiger partial charge in [0, 0.05) is 5.75 Å². The molecular weight excluding hydrogens is 230 g/mol. The van der Waals surface area contributed by atoms with Crippen LogP contribution in [0.1, 0.15) is 12.8 Å². The Hall–Kier alpha value is -1.00. The van der Waals surface area contributed by atoms with Crippen molar-refractivity contribution in [3.63, 3.8) is 0 Å². The number of piperidine rings is 1. The van der Waals surface area contributed by atoms with E-state index >= 15 is 0 Å². The predicted molar refractivity (Wildman–Crippen MR) is 72.4 cm³/mol. The van der Waals surface area contributed by atoms with Crippen LogP contribution in [0.15, 0.2) is 29.4 Å². The van der Waals surface area contributed by atoms with Crippen molar-refractivity contribution in [3.05, 3.63) is 24.3 Å². The van der Waals surface area contributed by atoms with E-state index in [1.54, 1.807) is 0 Å². The number of H-pyrrole nitrogens is 1. The Morgan fingerprint density at radius 3 is 3.12 bits per heavy atom. The molecule has 1 unspecified atom stereocenters. The molecule has 3 nitrogen and oxygen atoms in total. The van der Waals surface area contributed by atoms with Crippen LogP contribution in [-0.2, 0) is 0 Å². The minimum atomic E-state index is 0.793. The Morgan fingerprint density at radius 1 is 1.35 bits per heavy atom. The quantitative estimate of drug-likeness (QED) is 0.819. The molecule has 1 aromatic heterocycles. The van der Waals surface area contributed by atoms with Gasteiger partial charge < -0.3 is 10.3 Å². The second kappa shape index (κ2) is 5.10. The zero-order valence-electron chi connectivity index (χ0n) is 9.78. The third-order valence-electron chi connectivity index (χ3n) is 3.22. The lowest BCUT2D eigenvalue weighted by atomic mass is 10.0. The molecular formula is C13H17N3S. The fourth-order valence-electron chi connectivity index (χ4n) is 2.26. The molecule has 0 amide bonds. The summed E-state index contributed by atoms with van der Waals surface area (Å²) in [5.41, 5.74) is 2.20. The number of thioether (sulfide) groups is 1. The Labute approximate surface area is 105 Å². The van der Waals surface area contributed by atoms with Gasteiger partial charge in [-0.3, -0.25) is 0 Å². The fourth-order valence-corrected chi connectivity index (χ4v) is 3.28. The molecule has 17 heavy (non-hydrogen) atoms. The average molecular weight is 247 g/mol. The average Bonchev–Trinajstić information content (AvgIpc) is 2.80. The zero-order valence-corrected chi connectivity index (χ0v) is 10.6. The molecule has 0 saturated carbocycles. The molecule has 0 bridgehead atoms. The first-order valence-electron chi connectivity index (χ1n) is 6.20. The third kappa shape index (κ3) is 2.64. The van der Waals surface area contributed by atoms with Gasteiger partial charge in [0.1, 0.15) is 0 Å². The van der Waals surface area contributed by atoms with Gasteiger partial charge in [-0.2, -0.15) is 0 Å². The number of benzene rings is 1. The molecule has 4 heteroatoms. The number of para-hydroxylation sites is 2. The standard InChI is InChI=1S/C13H17N3S/c1-2-6-12-11(5-1)15-13(16-12)17-9-10-4-3-7-14-8-10/h1-2,5-6,10,14H,3-4,7-9H2,(H,15,16). The van der Waals surface area contributed by atoms with Gasteiger partial charge in [0.25, 0.3) is 0 Å². The fraction of sp³-hybridized carbons (Fsp3) is 0.462. The van der Waals surface area contributed by atoms with Gasteiger partial charge in [-0.05, 0) is 44.0 Å². The maximum absolute atomic E-state index is 4.58. The summed E-state index contributed by atoms with van der Waals surface area (Å²) in [7, 11) is 0. The highest BCUT2D eigenvalue weighted by Crippen LogP contribution is 2.23. The highest BCUT2D eigenvalue weighted by molar-refractivity contribution is 7.99. The molecule has 1 aliphatic heterocycles. The molecule has 1 aromatic carbocycles. The van der Waals surface area contributed by atoms with Crippen molar-refractivity contribution in [2.45, 2.75) is 18.0 Å². The minimum absolute atomic E-state index is 0.793. The van der Waals surface area contributed by atoms with Gasteiger partial charge in [0.05, 0.1) is 11.0 Å². The molecule has 3 rings (SSSR count). The lowest BCUT2D eigenvalue weighted by Gasteiger charge is -2.21. The van der Waals surface area contributed by atoms with Gasteiger partial charge in [-0.1, -0.05) is 23.9 Å². The summed E-state index contributed by atoms with van der Waals surface area (Å²) >= 11 is 1.85. The van der Waals surface area contributed by atoms with E-state index in [1.807, 2.05) is 23.9 Å². The molecule has 0 radical (unpaired) electrons. The van der Waals surface area contributed by atoms with E-state index in [0.29, 0.717) is 0 Å². The van der Waals surface area contributed by atoms with Crippen molar-refractivity contribution in [1.82, 2.24) is 15.3 Å². The second-order valence-corrected chi connectivity index (χ2v) is 5.59. The van der Waals surface area contributed by atoms with E-state index in [1.165, 1.54) is 19.4 Å². The molecule has 90 valence electrons. The molecule has 1 saturated heterocycles. The van der Waals surface area contributed by atoms with Gasteiger partial charge in [-0.25, -0.2) is 4.98 Å². The number of rotatable bonds is 3. The number of nitrogens with zero attached hydrogens (tertiary/aromatic N) is 1. The predicted octanol–water partition coefficient (Wildman–Crippen LogP) is 2.65. The first-order valence-corrected chi connectivity index (χ1v) is 7.18. The van der Waals surface area contributed by atoms with Crippen molar-refractivity contribution in [2.75, 3.05) is 18.8 Å². The molecule has 2 aromatic rings. The van der Waals surface area contributed by atoms with Crippen molar-refractivity contribution in [2.24, 2.45) is 5.92 Å². The van der Waals surface area contributed by atoms with Crippen LogP contribution in [0, 0.1) is 5.92 Å². The number of nitrogens with one attached hydrogen (secondary N) is 2. The normalized spacial score (nSPS) is 20.8. The molecule has 1 aliphatic rings. The lowest BCUT2D eigenvalue weighted by Crippen LogP contribution is -2.30. The van der Waals surface area contributed by atoms with Crippen molar-refractivity contribution in [1.29, 1.82) is 0 Å². The Morgan fingerprint density at radius 2 is 2.29 bits per heavy atom. The SMILES string of the molecule is c1ccc2[nH]c(SCC3CCCNC3)nc2c1. The number of aromatic nitrogens is 2. The number of fused-ring (bicyclic) bond motifs is 1. The van der Waals surface area contributed by atoms with Crippen LogP contribution in [0.2, 0.25) is 0 Å². The molecule has 0 spiro atoms. The summed E-state index contributed by atoms with van der Waals surface area (Å²) in [5.74, 6) is 1.95. The largest absolute Gasteiger partial charge is 0.333 e. The van der Waals surface area contributed by atoms with Crippen molar-refractivity contribution >= 4 is 22.8 Å². The first-order chi connectivity index (χ1) is 8.42. The molecule has 1 atom stereocenters. The van der Waals surface area contributed by atoms with Crippen molar-refractivity contribution in [3.8, 4) is 0 Å². The van der Waals surface area contributed by atoms with Crippen LogP contribution in [0.5, 0.6) is 0 Å². The maximum Gasteiger partial charge on any atom is 0.166 e. The zero-order chi connectivity index (χ0) is 11.5. The van der Waals surface area contributed by atoms with E-state index < -0.39 is 0 Å². The summed E-state index contributed by atoms with van der Waals surface area (Å²) < 4.78 is 0. The molecule has 2 heterocycles. The third-order valence-corrected chi connectivity index (χ3v) is 4.33. The van der Waals surface area contributed by atoms with Crippen LogP contribution >= 0.6 is 11.8 Å². The van der Waals surface area contributed by atoms with Crippen LogP contribution in [-0.4, -0.2) is 28.8 Å². The van der Waals surface area contributed by atoms with E-state index in [0.717, 1.165) is 34.4 Å². The Bertz CT molecular complexity index is 455. The van der Waals surface area contributed by atoms with Gasteiger partial charge in [0.15, 0.2) is 5.16 Å². The first kappa shape index (κ1) is 11.1. The monoisotopic (exact) mass is 247 g/mol. The van der Waals surface area contributed by atoms with Crippen molar-refractivity contribution < 1.29 is 0 Å². The van der Waals surface area contributed by atoms with Crippen LogP contribution in [0.25, 0.3) is 11.0 Å². The summed E-state index contributed by atoms with van der Waals surface area (Å²) in [4.78, 5) is 7.95. The van der Waals surface area contributed by atoms with Gasteiger partial charge >= 0.3 is 0 Å². The highest BCUT2D eigenvalue weighted by Gasteiger charge is 2.14. The lowest BCUT2D eigenvalue weighted by molar-refractivity contribution is 0.410. The molecule has 2 N–H and O–H groups in total. The Kier molecular flexibility index (Phi) is 3.34. The van der Waals surface area contributed by atoms with E-state index in [-0.39, 0.29) is 0 Å². The topological polar surface area (TPSA) is 40.7 Å². The number of imidazole rings is 1. The molecule has 1 fully saturated rings. The van der Waals surface area contributed by atoms with Gasteiger partial charge in [-0.15, -0.1) is 0 Å². The summed E-state index contributed by atoms with van der Waals surface area (Å²) in [6, 6.07) is 8.20. The second-order valence-electron chi connectivity index (χ2n) is 4.58. The minimum Gasteiger partial charge on any atom is -0.333 e. The highest BCUT2D eigenvalue weighted by atomic mass is 32.2. The Balaban J connectivity index is 1.64. The van der Waals surface area contributed by atoms with Crippen LogP contribution in [0.3, 0.4) is 0 Å². The maximum atomic E-state index is 4.58. The molecule has 0 aliphatic carbocycles. The van der Waals surface area contributed by atoms with E-state index in [4.69, 9.17) is 0 Å². The van der Waals surface area contributed by atoms with E-state index in [9.17, 15) is 0 Å². The summed E-state index contributed by atoms with van der Waals surface area (Å²) in [6.45, 7) is 2.35. The number of hydrogen-bond donors (Lipinski definition) is 2. The number of aromatic amines is 1. The summed E-state index contributed by atoms with van der Waals surface area (Å²) in [6.07, 6.45) is 2.66. The van der Waals surface area contributed by atoms with Gasteiger partial charge in [0.2, 0.25) is 0 Å². The van der Waals surface area contributed by atoms with Crippen LogP contribution in [0.4, 0.5) is 0 Å². The van der Waals surface area contributed by atoms with Crippen LogP contribution < -0.4 is 5.32 Å². The van der Waals surface area contributed by atoms with E-state index in [2.05, 4.69) is 27.4 Å². The smallest absolute Gasteiger partial charge is 0.166 e. The number of hydrogen-bond acceptors (Lipinski definition) is 3. The summed E-state index contributed by atoms with van der Waals surface area (Å²) in [5, 5.41) is 4.51.